The molecule has 0 heterocycles. The van der Waals surface area contributed by atoms with Crippen LogP contribution in [0.2, 0.25) is 0 Å². The van der Waals surface area contributed by atoms with Crippen LogP contribution in [0.3, 0.4) is 0 Å². The van der Waals surface area contributed by atoms with Crippen LogP contribution in [0.15, 0.2) is 36.4 Å². The van der Waals surface area contributed by atoms with Gasteiger partial charge in [0.1, 0.15) is 5.75 Å². The highest BCUT2D eigenvalue weighted by Crippen LogP contribution is 2.28. The van der Waals surface area contributed by atoms with Gasteiger partial charge in [-0.3, -0.25) is 4.79 Å². The summed E-state index contributed by atoms with van der Waals surface area (Å²) in [6, 6.07) is 11.2. The molecular formula is C17H20N2O2. The Kier molecular flexibility index (Phi) is 4.60. The molecule has 0 spiro atoms. The SMILES string of the molecule is Cc1cc(C)c(O)c(NC(=O)Cc2ccccc2CN)c1. The van der Waals surface area contributed by atoms with Crippen LogP contribution in [-0.4, -0.2) is 11.0 Å². The predicted molar refractivity (Wildman–Crippen MR) is 84.2 cm³/mol. The lowest BCUT2D eigenvalue weighted by Crippen LogP contribution is -2.16. The van der Waals surface area contributed by atoms with E-state index in [0.29, 0.717) is 12.2 Å². The zero-order valence-electron chi connectivity index (χ0n) is 12.3. The number of anilines is 1. The monoisotopic (exact) mass is 284 g/mol. The molecule has 0 aromatic heterocycles. The van der Waals surface area contributed by atoms with E-state index in [1.54, 1.807) is 6.07 Å². The molecule has 2 aromatic carbocycles. The molecule has 0 aliphatic heterocycles. The number of aromatic hydroxyl groups is 1. The van der Waals surface area contributed by atoms with E-state index >= 15 is 0 Å². The van der Waals surface area contributed by atoms with Gasteiger partial charge in [-0.2, -0.15) is 0 Å². The van der Waals surface area contributed by atoms with Crippen LogP contribution in [0, 0.1) is 13.8 Å². The van der Waals surface area contributed by atoms with Crippen LogP contribution in [0.25, 0.3) is 0 Å². The van der Waals surface area contributed by atoms with E-state index in [4.69, 9.17) is 5.73 Å². The summed E-state index contributed by atoms with van der Waals surface area (Å²) >= 11 is 0. The van der Waals surface area contributed by atoms with Gasteiger partial charge >= 0.3 is 0 Å². The minimum atomic E-state index is -0.170. The first-order chi connectivity index (χ1) is 10.0. The molecule has 0 bridgehead atoms. The van der Waals surface area contributed by atoms with E-state index < -0.39 is 0 Å². The second-order valence-corrected chi connectivity index (χ2v) is 5.18. The van der Waals surface area contributed by atoms with Gasteiger partial charge in [-0.25, -0.2) is 0 Å². The molecule has 110 valence electrons. The highest BCUT2D eigenvalue weighted by atomic mass is 16.3. The largest absolute Gasteiger partial charge is 0.505 e. The quantitative estimate of drug-likeness (QED) is 0.755. The van der Waals surface area contributed by atoms with Crippen molar-refractivity contribution in [1.82, 2.24) is 0 Å². The van der Waals surface area contributed by atoms with Gasteiger partial charge in [-0.05, 0) is 42.2 Å². The number of hydrogen-bond donors (Lipinski definition) is 3. The fourth-order valence-corrected chi connectivity index (χ4v) is 2.35. The fourth-order valence-electron chi connectivity index (χ4n) is 2.35. The van der Waals surface area contributed by atoms with Gasteiger partial charge in [0.2, 0.25) is 5.91 Å². The Hall–Kier alpha value is -2.33. The molecule has 1 amide bonds. The number of carbonyl (C=O) groups is 1. The third-order valence-corrected chi connectivity index (χ3v) is 3.41. The van der Waals surface area contributed by atoms with Crippen LogP contribution >= 0.6 is 0 Å². The molecule has 0 aliphatic rings. The predicted octanol–water partition coefficient (Wildman–Crippen LogP) is 2.65. The van der Waals surface area contributed by atoms with E-state index in [2.05, 4.69) is 5.32 Å². The Morgan fingerprint density at radius 3 is 2.52 bits per heavy atom. The van der Waals surface area contributed by atoms with Crippen LogP contribution < -0.4 is 11.1 Å². The molecule has 4 heteroatoms. The lowest BCUT2D eigenvalue weighted by Gasteiger charge is -2.12. The number of phenolic OH excluding ortho intramolecular Hbond substituents is 1. The number of nitrogens with one attached hydrogen (secondary N) is 1. The van der Waals surface area contributed by atoms with Gasteiger partial charge in [-0.1, -0.05) is 30.3 Å². The Morgan fingerprint density at radius 2 is 1.86 bits per heavy atom. The smallest absolute Gasteiger partial charge is 0.228 e. The number of hydrogen-bond acceptors (Lipinski definition) is 3. The van der Waals surface area contributed by atoms with Gasteiger partial charge in [0.05, 0.1) is 12.1 Å². The van der Waals surface area contributed by atoms with Crippen molar-refractivity contribution in [3.05, 3.63) is 58.7 Å². The van der Waals surface area contributed by atoms with Crippen molar-refractivity contribution in [3.8, 4) is 5.75 Å². The number of benzene rings is 2. The second-order valence-electron chi connectivity index (χ2n) is 5.18. The van der Waals surface area contributed by atoms with Crippen LogP contribution in [-0.2, 0) is 17.8 Å². The average Bonchev–Trinajstić information content (AvgIpc) is 2.44. The molecule has 0 saturated heterocycles. The van der Waals surface area contributed by atoms with E-state index in [9.17, 15) is 9.90 Å². The number of rotatable bonds is 4. The number of phenols is 1. The van der Waals surface area contributed by atoms with Crippen LogP contribution in [0.4, 0.5) is 5.69 Å². The summed E-state index contributed by atoms with van der Waals surface area (Å²) in [5.74, 6) is -0.0581. The van der Waals surface area contributed by atoms with E-state index in [0.717, 1.165) is 22.3 Å². The molecule has 2 aromatic rings. The molecule has 0 radical (unpaired) electrons. The number of amides is 1. The highest BCUT2D eigenvalue weighted by Gasteiger charge is 2.11. The first-order valence-corrected chi connectivity index (χ1v) is 6.88. The number of carbonyl (C=O) groups excluding carboxylic acids is 1. The lowest BCUT2D eigenvalue weighted by atomic mass is 10.0. The topological polar surface area (TPSA) is 75.3 Å². The minimum Gasteiger partial charge on any atom is -0.505 e. The third-order valence-electron chi connectivity index (χ3n) is 3.41. The van der Waals surface area contributed by atoms with E-state index in [-0.39, 0.29) is 18.1 Å². The summed E-state index contributed by atoms with van der Waals surface area (Å²) < 4.78 is 0. The standard InChI is InChI=1S/C17H20N2O2/c1-11-7-12(2)17(21)15(8-11)19-16(20)9-13-5-3-4-6-14(13)10-18/h3-8,21H,9-10,18H2,1-2H3,(H,19,20). The molecule has 0 saturated carbocycles. The highest BCUT2D eigenvalue weighted by molar-refractivity contribution is 5.94. The zero-order chi connectivity index (χ0) is 15.4. The van der Waals surface area contributed by atoms with Crippen molar-refractivity contribution in [2.24, 2.45) is 5.73 Å². The molecule has 0 unspecified atom stereocenters. The van der Waals surface area contributed by atoms with Crippen LogP contribution in [0.1, 0.15) is 22.3 Å². The Labute approximate surface area is 124 Å². The fraction of sp³-hybridized carbons (Fsp3) is 0.235. The van der Waals surface area contributed by atoms with Crippen molar-refractivity contribution in [2.45, 2.75) is 26.8 Å². The summed E-state index contributed by atoms with van der Waals surface area (Å²) in [7, 11) is 0. The first-order valence-electron chi connectivity index (χ1n) is 6.88. The van der Waals surface area contributed by atoms with Crippen molar-refractivity contribution in [1.29, 1.82) is 0 Å². The van der Waals surface area contributed by atoms with Gasteiger partial charge < -0.3 is 16.2 Å². The number of aryl methyl sites for hydroxylation is 2. The molecule has 0 atom stereocenters. The molecule has 21 heavy (non-hydrogen) atoms. The Bertz CT molecular complexity index is 666. The summed E-state index contributed by atoms with van der Waals surface area (Å²) in [6.07, 6.45) is 0.236. The zero-order valence-corrected chi connectivity index (χ0v) is 12.3. The maximum atomic E-state index is 12.2. The van der Waals surface area contributed by atoms with Crippen molar-refractivity contribution < 1.29 is 9.90 Å². The molecular weight excluding hydrogens is 264 g/mol. The first kappa shape index (κ1) is 15.1. The van der Waals surface area contributed by atoms with E-state index in [1.807, 2.05) is 44.2 Å². The van der Waals surface area contributed by atoms with Crippen molar-refractivity contribution >= 4 is 11.6 Å². The summed E-state index contributed by atoms with van der Waals surface area (Å²) in [6.45, 7) is 4.13. The normalized spacial score (nSPS) is 10.4. The Balaban J connectivity index is 2.16. The van der Waals surface area contributed by atoms with Gasteiger partial charge in [0, 0.05) is 6.54 Å². The van der Waals surface area contributed by atoms with Gasteiger partial charge in [0.25, 0.3) is 0 Å². The van der Waals surface area contributed by atoms with Crippen molar-refractivity contribution in [2.75, 3.05) is 5.32 Å². The summed E-state index contributed by atoms with van der Waals surface area (Å²) in [5, 5.41) is 12.8. The van der Waals surface area contributed by atoms with Gasteiger partial charge in [-0.15, -0.1) is 0 Å². The summed E-state index contributed by atoms with van der Waals surface area (Å²) in [5.41, 5.74) is 9.71. The summed E-state index contributed by atoms with van der Waals surface area (Å²) in [4.78, 5) is 12.2. The maximum Gasteiger partial charge on any atom is 0.228 e. The third kappa shape index (κ3) is 3.61. The second kappa shape index (κ2) is 6.41. The van der Waals surface area contributed by atoms with Crippen molar-refractivity contribution in [3.63, 3.8) is 0 Å². The molecule has 4 nitrogen and oxygen atoms in total. The number of nitrogens with two attached hydrogens (primary N) is 1. The molecule has 4 N–H and O–H groups in total. The maximum absolute atomic E-state index is 12.2. The van der Waals surface area contributed by atoms with Crippen LogP contribution in [0.5, 0.6) is 5.75 Å². The minimum absolute atomic E-state index is 0.112. The molecule has 0 aliphatic carbocycles. The van der Waals surface area contributed by atoms with Gasteiger partial charge in [0.15, 0.2) is 0 Å². The molecule has 2 rings (SSSR count). The average molecular weight is 284 g/mol. The molecule has 0 fully saturated rings. The van der Waals surface area contributed by atoms with E-state index in [1.165, 1.54) is 0 Å². The Morgan fingerprint density at radius 1 is 1.19 bits per heavy atom. The lowest BCUT2D eigenvalue weighted by molar-refractivity contribution is -0.115.